The minimum atomic E-state index is -0.559. The maximum Gasteiger partial charge on any atom is 0.0876 e. The average Bonchev–Trinajstić information content (AvgIpc) is 2.54. The van der Waals surface area contributed by atoms with Gasteiger partial charge in [0.1, 0.15) is 0 Å². The topological polar surface area (TPSA) is 33.1 Å². The molecule has 1 aromatic heterocycles. The van der Waals surface area contributed by atoms with Crippen molar-refractivity contribution in [2.24, 2.45) is 0 Å². The molecule has 0 amide bonds. The fraction of sp³-hybridized carbons (Fsp3) is 0.167. The quantitative estimate of drug-likeness (QED) is 0.772. The van der Waals surface area contributed by atoms with Gasteiger partial charge in [-0.05, 0) is 11.6 Å². The van der Waals surface area contributed by atoms with Crippen LogP contribution >= 0.6 is 0 Å². The molecule has 0 spiro atoms. The Bertz CT molecular complexity index is 703. The summed E-state index contributed by atoms with van der Waals surface area (Å²) in [7, 11) is 0. The molecule has 100 valence electrons. The zero-order valence-electron chi connectivity index (χ0n) is 11.4. The summed E-state index contributed by atoms with van der Waals surface area (Å²) < 4.78 is 0. The molecule has 0 aliphatic carbocycles. The lowest BCUT2D eigenvalue weighted by molar-refractivity contribution is 0.153. The van der Waals surface area contributed by atoms with Crippen LogP contribution in [-0.2, 0) is 0 Å². The molecule has 0 fully saturated rings. The number of aliphatic hydroxyl groups excluding tert-OH is 1. The van der Waals surface area contributed by atoms with Gasteiger partial charge in [0.05, 0.1) is 11.6 Å². The van der Waals surface area contributed by atoms with Crippen LogP contribution in [0.2, 0.25) is 0 Å². The first kappa shape index (κ1) is 12.8. The molecule has 2 aromatic carbocycles. The fourth-order valence-corrected chi connectivity index (χ4v) is 2.57. The maximum atomic E-state index is 10.7. The number of hydrogen-bond acceptors (Lipinski definition) is 2. The second kappa shape index (κ2) is 5.43. The Hall–Kier alpha value is -2.19. The van der Waals surface area contributed by atoms with E-state index in [9.17, 15) is 5.11 Å². The standard InChI is InChI=1S/C18H17NO/c1-13(14-7-3-2-4-8-14)18(20)16-11-5-9-15-10-6-12-19-17(15)16/h2-13,18,20H,1H3. The lowest BCUT2D eigenvalue weighted by atomic mass is 9.90. The SMILES string of the molecule is CC(c1ccccc1)C(O)c1cccc2cccnc12. The molecule has 0 bridgehead atoms. The van der Waals surface area contributed by atoms with Crippen LogP contribution in [0.3, 0.4) is 0 Å². The molecule has 0 aliphatic rings. The van der Waals surface area contributed by atoms with Gasteiger partial charge in [-0.3, -0.25) is 4.98 Å². The Labute approximate surface area is 118 Å². The summed E-state index contributed by atoms with van der Waals surface area (Å²) in [5.74, 6) is 0.0313. The van der Waals surface area contributed by atoms with Gasteiger partial charge in [-0.25, -0.2) is 0 Å². The van der Waals surface area contributed by atoms with Gasteiger partial charge < -0.3 is 5.11 Å². The zero-order valence-corrected chi connectivity index (χ0v) is 11.4. The Balaban J connectivity index is 2.03. The van der Waals surface area contributed by atoms with Crippen LogP contribution in [0.4, 0.5) is 0 Å². The molecule has 3 rings (SSSR count). The first-order valence-corrected chi connectivity index (χ1v) is 6.84. The number of aliphatic hydroxyl groups is 1. The lowest BCUT2D eigenvalue weighted by Gasteiger charge is -2.20. The van der Waals surface area contributed by atoms with E-state index in [1.54, 1.807) is 6.20 Å². The molecule has 3 aromatic rings. The third-order valence-electron chi connectivity index (χ3n) is 3.78. The van der Waals surface area contributed by atoms with Gasteiger partial charge in [-0.15, -0.1) is 0 Å². The number of para-hydroxylation sites is 1. The molecular weight excluding hydrogens is 246 g/mol. The second-order valence-corrected chi connectivity index (χ2v) is 5.07. The Morgan fingerprint density at radius 1 is 0.900 bits per heavy atom. The van der Waals surface area contributed by atoms with Crippen molar-refractivity contribution in [2.75, 3.05) is 0 Å². The summed E-state index contributed by atoms with van der Waals surface area (Å²) in [5.41, 5.74) is 2.90. The highest BCUT2D eigenvalue weighted by molar-refractivity contribution is 5.82. The van der Waals surface area contributed by atoms with Crippen LogP contribution in [0.5, 0.6) is 0 Å². The van der Waals surface area contributed by atoms with Crippen molar-refractivity contribution < 1.29 is 5.11 Å². The Morgan fingerprint density at radius 3 is 2.45 bits per heavy atom. The fourth-order valence-electron chi connectivity index (χ4n) is 2.57. The van der Waals surface area contributed by atoms with E-state index < -0.39 is 6.10 Å². The number of benzene rings is 2. The minimum absolute atomic E-state index is 0.0313. The van der Waals surface area contributed by atoms with Gasteiger partial charge in [0.15, 0.2) is 0 Å². The number of pyridine rings is 1. The first-order chi connectivity index (χ1) is 9.77. The monoisotopic (exact) mass is 263 g/mol. The van der Waals surface area contributed by atoms with Crippen molar-refractivity contribution in [3.8, 4) is 0 Å². The normalized spacial score (nSPS) is 14.1. The van der Waals surface area contributed by atoms with Crippen LogP contribution in [0.1, 0.15) is 30.1 Å². The van der Waals surface area contributed by atoms with Gasteiger partial charge in [-0.1, -0.05) is 61.5 Å². The van der Waals surface area contributed by atoms with E-state index in [2.05, 4.69) is 4.98 Å². The average molecular weight is 263 g/mol. The first-order valence-electron chi connectivity index (χ1n) is 6.84. The third-order valence-corrected chi connectivity index (χ3v) is 3.78. The van der Waals surface area contributed by atoms with Crippen LogP contribution in [-0.4, -0.2) is 10.1 Å². The number of nitrogens with zero attached hydrogens (tertiary/aromatic N) is 1. The maximum absolute atomic E-state index is 10.7. The van der Waals surface area contributed by atoms with Crippen molar-refractivity contribution >= 4 is 10.9 Å². The van der Waals surface area contributed by atoms with E-state index in [1.165, 1.54) is 0 Å². The summed E-state index contributed by atoms with van der Waals surface area (Å²) in [6, 6.07) is 20.0. The molecule has 2 atom stereocenters. The smallest absolute Gasteiger partial charge is 0.0876 e. The van der Waals surface area contributed by atoms with Gasteiger partial charge in [0, 0.05) is 23.1 Å². The highest BCUT2D eigenvalue weighted by atomic mass is 16.3. The Morgan fingerprint density at radius 2 is 1.65 bits per heavy atom. The molecule has 0 aliphatic heterocycles. The molecule has 0 saturated carbocycles. The molecular formula is C18H17NO. The zero-order chi connectivity index (χ0) is 13.9. The van der Waals surface area contributed by atoms with Crippen molar-refractivity contribution in [1.29, 1.82) is 0 Å². The largest absolute Gasteiger partial charge is 0.388 e. The van der Waals surface area contributed by atoms with Gasteiger partial charge in [0.25, 0.3) is 0 Å². The lowest BCUT2D eigenvalue weighted by Crippen LogP contribution is -2.08. The van der Waals surface area contributed by atoms with E-state index in [0.717, 1.165) is 22.0 Å². The van der Waals surface area contributed by atoms with Crippen LogP contribution in [0, 0.1) is 0 Å². The summed E-state index contributed by atoms with van der Waals surface area (Å²) in [6.45, 7) is 2.04. The molecule has 20 heavy (non-hydrogen) atoms. The van der Waals surface area contributed by atoms with Gasteiger partial charge >= 0.3 is 0 Å². The summed E-state index contributed by atoms with van der Waals surface area (Å²) in [6.07, 6.45) is 1.21. The van der Waals surface area contributed by atoms with Crippen molar-refractivity contribution in [3.63, 3.8) is 0 Å². The summed E-state index contributed by atoms with van der Waals surface area (Å²) in [4.78, 5) is 4.42. The van der Waals surface area contributed by atoms with Crippen molar-refractivity contribution in [3.05, 3.63) is 78.0 Å². The number of aromatic nitrogens is 1. The molecule has 1 N–H and O–H groups in total. The van der Waals surface area contributed by atoms with Crippen molar-refractivity contribution in [1.82, 2.24) is 4.98 Å². The minimum Gasteiger partial charge on any atom is -0.388 e. The number of hydrogen-bond donors (Lipinski definition) is 1. The van der Waals surface area contributed by atoms with Crippen molar-refractivity contribution in [2.45, 2.75) is 18.9 Å². The predicted molar refractivity (Wildman–Crippen MR) is 81.6 cm³/mol. The molecule has 1 heterocycles. The summed E-state index contributed by atoms with van der Waals surface area (Å²) >= 11 is 0. The highest BCUT2D eigenvalue weighted by Gasteiger charge is 2.20. The van der Waals surface area contributed by atoms with Gasteiger partial charge in [0.2, 0.25) is 0 Å². The molecule has 2 nitrogen and oxygen atoms in total. The summed E-state index contributed by atoms with van der Waals surface area (Å²) in [5, 5.41) is 11.8. The van der Waals surface area contributed by atoms with E-state index in [0.29, 0.717) is 0 Å². The highest BCUT2D eigenvalue weighted by Crippen LogP contribution is 2.33. The Kier molecular flexibility index (Phi) is 3.48. The predicted octanol–water partition coefficient (Wildman–Crippen LogP) is 4.07. The number of rotatable bonds is 3. The van der Waals surface area contributed by atoms with Crippen LogP contribution in [0.25, 0.3) is 10.9 Å². The number of fused-ring (bicyclic) bond motifs is 1. The molecule has 0 radical (unpaired) electrons. The second-order valence-electron chi connectivity index (χ2n) is 5.07. The molecule has 2 heteroatoms. The van der Waals surface area contributed by atoms with Crippen LogP contribution < -0.4 is 0 Å². The molecule has 2 unspecified atom stereocenters. The van der Waals surface area contributed by atoms with E-state index in [1.807, 2.05) is 67.6 Å². The van der Waals surface area contributed by atoms with Crippen LogP contribution in [0.15, 0.2) is 66.9 Å². The van der Waals surface area contributed by atoms with E-state index in [4.69, 9.17) is 0 Å². The van der Waals surface area contributed by atoms with E-state index in [-0.39, 0.29) is 5.92 Å². The van der Waals surface area contributed by atoms with Gasteiger partial charge in [-0.2, -0.15) is 0 Å². The third kappa shape index (κ3) is 2.30. The molecule has 0 saturated heterocycles. The van der Waals surface area contributed by atoms with E-state index >= 15 is 0 Å².